The fraction of sp³-hybridized carbons (Fsp3) is 0.359. The van der Waals surface area contributed by atoms with Gasteiger partial charge in [-0.15, -0.1) is 11.6 Å². The number of hydrogen-bond acceptors (Lipinski definition) is 14. The number of nitrogens with zero attached hydrogens (tertiary/aromatic N) is 2. The van der Waals surface area contributed by atoms with Crippen LogP contribution in [0.1, 0.15) is 137 Å². The van der Waals surface area contributed by atoms with E-state index in [4.69, 9.17) is 76.6 Å². The molecule has 4 saturated heterocycles. The summed E-state index contributed by atoms with van der Waals surface area (Å²) in [4.78, 5) is 70.5. The Balaban J connectivity index is 0.000000694. The molecule has 37 heteroatoms. The van der Waals surface area contributed by atoms with E-state index < -0.39 is 97.0 Å². The third-order valence-corrected chi connectivity index (χ3v) is 19.5. The molecule has 0 aromatic heterocycles. The number of ether oxygens (including phenoxy) is 4. The van der Waals surface area contributed by atoms with Gasteiger partial charge in [-0.2, -0.15) is 44.8 Å². The Hall–Kier alpha value is -4.27. The first-order valence-electron chi connectivity index (χ1n) is 34.2. The third kappa shape index (κ3) is 37.3. The number of carbonyl (C=O) groups is 6. The van der Waals surface area contributed by atoms with Crippen molar-refractivity contribution in [1.82, 2.24) is 10.6 Å². The number of Topliss-reactive ketones (excluding diaryl/α,β-unsaturated/α-hetero) is 1. The summed E-state index contributed by atoms with van der Waals surface area (Å²) in [5.41, 5.74) is 10.2. The first kappa shape index (κ1) is 109. The fourth-order valence-electron chi connectivity index (χ4n) is 11.1. The molecule has 7 aromatic rings. The third-order valence-electron chi connectivity index (χ3n) is 16.6. The zero-order valence-electron chi connectivity index (χ0n) is 62.1. The average molecular weight is 1980 g/mol. The van der Waals surface area contributed by atoms with E-state index in [1.165, 1.54) is 12.1 Å². The zero-order valence-corrected chi connectivity index (χ0v) is 76.9. The maximum absolute atomic E-state index is 12.6. The molecule has 4 aliphatic heterocycles. The second-order valence-corrected chi connectivity index (χ2v) is 29.5. The van der Waals surface area contributed by atoms with Gasteiger partial charge in [0.25, 0.3) is 17.7 Å². The number of carbonyl (C=O) groups excluding carboxylic acids is 5. The number of rotatable bonds is 19. The molecule has 0 aliphatic carbocycles. The number of ketones is 1. The molecule has 0 spiro atoms. The number of benzene rings is 7. The maximum atomic E-state index is 12.6. The van der Waals surface area contributed by atoms with Gasteiger partial charge in [0.2, 0.25) is 5.91 Å². The van der Waals surface area contributed by atoms with Gasteiger partial charge in [0, 0.05) is 109 Å². The molecule has 7 aromatic carbocycles. The molecule has 0 bridgehead atoms. The molecule has 0 radical (unpaired) electrons. The van der Waals surface area contributed by atoms with Crippen LogP contribution in [0, 0.1) is 23.2 Å². The second kappa shape index (κ2) is 54.2. The molecular weight excluding hydrogens is 1900 g/mol. The quantitative estimate of drug-likeness (QED) is 0.0144. The van der Waals surface area contributed by atoms with Gasteiger partial charge in [0.05, 0.1) is 19.3 Å². The van der Waals surface area contributed by atoms with Crippen molar-refractivity contribution < 1.29 is 201 Å². The number of halogens is 16. The molecule has 11 rings (SSSR count). The summed E-state index contributed by atoms with van der Waals surface area (Å²) >= 11 is 30.3. The van der Waals surface area contributed by atoms with Crippen LogP contribution in [0.5, 0.6) is 0 Å². The molecule has 4 aliphatic rings. The maximum Gasteiger partial charge on any atom is 1.00 e. The minimum absolute atomic E-state index is 0. The number of carboxylic acid groups (broad SMARTS) is 1. The van der Waals surface area contributed by atoms with Crippen molar-refractivity contribution in [2.24, 2.45) is 11.5 Å². The van der Waals surface area contributed by atoms with E-state index in [9.17, 15) is 73.4 Å². The van der Waals surface area contributed by atoms with Gasteiger partial charge in [-0.3, -0.25) is 24.0 Å². The van der Waals surface area contributed by atoms with Crippen LogP contribution in [-0.4, -0.2) is 116 Å². The van der Waals surface area contributed by atoms with Crippen molar-refractivity contribution in [3.63, 3.8) is 0 Å². The van der Waals surface area contributed by atoms with Crippen LogP contribution >= 0.6 is 98.5 Å². The molecule has 4 fully saturated rings. The topological polar surface area (TPSA) is 325 Å². The van der Waals surface area contributed by atoms with Crippen LogP contribution in [0.25, 0.3) is 0 Å². The fourth-order valence-corrected chi connectivity index (χ4v) is 12.7. The molecule has 4 heterocycles. The summed E-state index contributed by atoms with van der Waals surface area (Å²) in [7, 11) is 0. The smallest absolute Gasteiger partial charge is 0.870 e. The minimum atomic E-state index is -4.35. The average Bonchev–Trinajstić information content (AvgIpc) is 1.74. The predicted octanol–water partition coefficient (Wildman–Crippen LogP) is 13.6. The van der Waals surface area contributed by atoms with Crippen LogP contribution < -0.4 is 130 Å². The largest absolute Gasteiger partial charge is 1.00 e. The van der Waals surface area contributed by atoms with Gasteiger partial charge < -0.3 is 68.8 Å². The van der Waals surface area contributed by atoms with Gasteiger partial charge in [-0.1, -0.05) is 160 Å². The van der Waals surface area contributed by atoms with Gasteiger partial charge in [0.15, 0.2) is 28.2 Å². The molecule has 4 atom stereocenters. The molecule has 19 nitrogen and oxygen atoms in total. The summed E-state index contributed by atoms with van der Waals surface area (Å²) < 4.78 is 133. The number of hydrogen-bond donors (Lipinski definition) is 6. The van der Waals surface area contributed by atoms with Crippen LogP contribution in [-0.2, 0) is 55.7 Å². The van der Waals surface area contributed by atoms with Crippen molar-refractivity contribution in [2.75, 3.05) is 57.3 Å². The first-order chi connectivity index (χ1) is 52.9. The van der Waals surface area contributed by atoms with Crippen molar-refractivity contribution in [2.45, 2.75) is 124 Å². The number of nitriles is 1. The number of primary amides is 1. The number of anilines is 1. The second-order valence-electron chi connectivity index (χ2n) is 24.6. The van der Waals surface area contributed by atoms with E-state index in [0.29, 0.717) is 109 Å². The van der Waals surface area contributed by atoms with Crippen LogP contribution in [0.4, 0.5) is 45.2 Å². The van der Waals surface area contributed by atoms with E-state index in [-0.39, 0.29) is 126 Å². The van der Waals surface area contributed by atoms with E-state index in [1.54, 1.807) is 97.1 Å². The molecule has 4 unspecified atom stereocenters. The Morgan fingerprint density at radius 3 is 1.19 bits per heavy atom. The Morgan fingerprint density at radius 1 is 0.513 bits per heavy atom. The molecule has 612 valence electrons. The van der Waals surface area contributed by atoms with E-state index in [2.05, 4.69) is 91.5 Å². The minimum Gasteiger partial charge on any atom is -0.870 e. The van der Waals surface area contributed by atoms with E-state index in [0.717, 1.165) is 60.3 Å². The van der Waals surface area contributed by atoms with Crippen molar-refractivity contribution in [3.8, 4) is 6.07 Å². The van der Waals surface area contributed by atoms with Gasteiger partial charge in [-0.05, 0) is 177 Å². The number of nitrogens with one attached hydrogen (secondary N) is 3. The number of amides is 4. The van der Waals surface area contributed by atoms with E-state index >= 15 is 0 Å². The van der Waals surface area contributed by atoms with Crippen LogP contribution in [0.3, 0.4) is 0 Å². The predicted molar refractivity (Wildman–Crippen MR) is 421 cm³/mol. The Labute approximate surface area is 793 Å². The van der Waals surface area contributed by atoms with Crippen LogP contribution in [0.2, 0.25) is 10.0 Å². The molecule has 9 N–H and O–H groups in total. The van der Waals surface area contributed by atoms with Crippen molar-refractivity contribution in [1.29, 1.82) is 10.5 Å². The summed E-state index contributed by atoms with van der Waals surface area (Å²) in [6, 6.07) is 51.2. The van der Waals surface area contributed by atoms with Gasteiger partial charge in [0.1, 0.15) is 6.07 Å². The summed E-state index contributed by atoms with van der Waals surface area (Å²) in [5, 5.41) is 33.0. The first-order valence-corrected chi connectivity index (χ1v) is 38.7. The molecule has 0 saturated carbocycles. The molecule has 4 amide bonds. The summed E-state index contributed by atoms with van der Waals surface area (Å²) in [6.45, 7) is 5.43. The van der Waals surface area contributed by atoms with Crippen LogP contribution in [0.15, 0.2) is 188 Å². The normalized spacial score (nSPS) is 18.1. The standard InChI is InChI=1S/C21H20ClF3N2O3.C14H15BrF3NO2.C11H10BrNO.C11H11BrO3.C10H10BrClO.C7H6ClNO.C3H6F3N.CN.2K.H2O/c22-16-4-1-3-14(13-16)18(28)27-17-7-5-15(6-8-17)20(9-2-12-30-20)19(29)26-11-10-21(23,24)25;15-11-4-2-10(3-5-11)13(6-1-9-21-13)12(20)19-8-7-14(16,17)18;12-10-4-2-9(3-5-10)11(8-13)6-1-7-14-11;12-9-4-2-8(3-5-9)11(10(13)14)6-1-7-15-11;11-9-5-3-8(4-6-9)10(13)2-1-7-12;8-6-3-1-2-5(4-6)7(9)10;4-3(5,6)1-2-7;1-2;;;/h1,3-8,13H,2,9-12H2,(H,26,29)(H,27,28);2-5H,1,6-9H2,(H,19,20);2-5H,1,6-7H2;2-5H,1,6-7H2,(H,13,14);3-6H,1-2,7H2;1-4H,(H2,9,10);1-2,7H2;;;;1H2/q;;;;;;;-1;2*+1;/p-1. The molecular formula is C78H79Br4Cl3F9K2N7O12. The van der Waals surface area contributed by atoms with Crippen molar-refractivity contribution in [3.05, 3.63) is 243 Å². The van der Waals surface area contributed by atoms with Gasteiger partial charge >= 0.3 is 127 Å². The number of nitrogens with two attached hydrogens (primary N) is 2. The molecule has 115 heavy (non-hydrogen) atoms. The van der Waals surface area contributed by atoms with E-state index in [1.807, 2.05) is 60.7 Å². The summed E-state index contributed by atoms with van der Waals surface area (Å²) in [6.07, 6.45) is -9.23. The SMILES string of the molecule is N#CC1(c2ccc(Br)cc2)CCCO1.NC(=O)c1cccc(Cl)c1.NCCC(F)(F)F.O=C(CCCCl)c1ccc(Br)cc1.O=C(NCCC(F)(F)F)C1(c2ccc(Br)cc2)CCCO1.O=C(Nc1ccc(C2(C(=O)NCCC(F)(F)F)CCCO2)cc1)c1cccc(Cl)c1.O=C(O)C1(c2ccc(Br)cc2)CCCO1.[C-]#N.[K+].[K+].[OH-]. The van der Waals surface area contributed by atoms with Gasteiger partial charge in [-0.25, -0.2) is 4.79 Å². The van der Waals surface area contributed by atoms with Crippen molar-refractivity contribution >= 4 is 140 Å². The Morgan fingerprint density at radius 2 is 0.870 bits per heavy atom. The summed E-state index contributed by atoms with van der Waals surface area (Å²) in [5.74, 6) is -2.10. The Bertz CT molecular complexity index is 4200. The number of alkyl halides is 10. The monoisotopic (exact) mass is 1980 g/mol. The Kier molecular flexibility index (Phi) is 51.2. The number of carboxylic acids is 1. The number of aliphatic carboxylic acids is 1. The zero-order chi connectivity index (χ0) is 83.4.